The summed E-state index contributed by atoms with van der Waals surface area (Å²) in [5, 5.41) is 17.1. The maximum Gasteiger partial charge on any atom is 0.0779 e. The summed E-state index contributed by atoms with van der Waals surface area (Å²) in [5.74, 6) is 0.796. The van der Waals surface area contributed by atoms with Crippen LogP contribution in [0.5, 0.6) is 0 Å². The normalized spacial score (nSPS) is 15.3. The van der Waals surface area contributed by atoms with Crippen LogP contribution in [0, 0.1) is 5.92 Å². The first kappa shape index (κ1) is 21.1. The molecule has 0 amide bonds. The molecule has 0 spiro atoms. The molecule has 0 bridgehead atoms. The van der Waals surface area contributed by atoms with Gasteiger partial charge in [0.1, 0.15) is 0 Å². The van der Waals surface area contributed by atoms with E-state index in [4.69, 9.17) is 19.7 Å². The van der Waals surface area contributed by atoms with E-state index in [1.54, 1.807) is 21.0 Å². The molecular weight excluding hydrogens is 244 g/mol. The molecule has 0 heterocycles. The van der Waals surface area contributed by atoms with Crippen LogP contribution in [0.1, 0.15) is 53.4 Å². The molecule has 3 unspecified atom stereocenters. The molecular formula is C15H34O4. The van der Waals surface area contributed by atoms with Crippen molar-refractivity contribution in [2.45, 2.75) is 65.6 Å². The molecule has 0 rings (SSSR count). The molecule has 0 fully saturated rings. The summed E-state index contributed by atoms with van der Waals surface area (Å²) in [7, 11) is 1.79. The Hall–Kier alpha value is -0.160. The second-order valence-electron chi connectivity index (χ2n) is 5.05. The quantitative estimate of drug-likeness (QED) is 0.645. The van der Waals surface area contributed by atoms with E-state index in [2.05, 4.69) is 13.8 Å². The van der Waals surface area contributed by atoms with Gasteiger partial charge in [-0.3, -0.25) is 0 Å². The summed E-state index contributed by atoms with van der Waals surface area (Å²) in [4.78, 5) is 0. The van der Waals surface area contributed by atoms with Crippen molar-refractivity contribution in [2.75, 3.05) is 26.9 Å². The smallest absolute Gasteiger partial charge is 0.0779 e. The van der Waals surface area contributed by atoms with Gasteiger partial charge in [0, 0.05) is 13.7 Å². The summed E-state index contributed by atoms with van der Waals surface area (Å²) in [6, 6.07) is 0. The van der Waals surface area contributed by atoms with Gasteiger partial charge in [-0.25, -0.2) is 0 Å². The van der Waals surface area contributed by atoms with Gasteiger partial charge >= 0.3 is 0 Å². The molecule has 19 heavy (non-hydrogen) atoms. The number of rotatable bonds is 10. The largest absolute Gasteiger partial charge is 0.394 e. The molecule has 0 radical (unpaired) electrons. The van der Waals surface area contributed by atoms with Gasteiger partial charge in [0.25, 0.3) is 0 Å². The Kier molecular flexibility index (Phi) is 17.7. The topological polar surface area (TPSA) is 58.9 Å². The lowest BCUT2D eigenvalue weighted by Gasteiger charge is -2.11. The fourth-order valence-electron chi connectivity index (χ4n) is 1.49. The summed E-state index contributed by atoms with van der Waals surface area (Å²) >= 11 is 0. The maximum atomic E-state index is 8.69. The molecule has 0 aliphatic rings. The number of unbranched alkanes of at least 4 members (excludes halogenated alkanes) is 1. The van der Waals surface area contributed by atoms with Crippen molar-refractivity contribution in [2.24, 2.45) is 5.92 Å². The van der Waals surface area contributed by atoms with Crippen LogP contribution in [0.4, 0.5) is 0 Å². The molecule has 0 saturated heterocycles. The molecule has 2 N–H and O–H groups in total. The average molecular weight is 278 g/mol. The number of methoxy groups -OCH3 is 1. The predicted octanol–water partition coefficient (Wildman–Crippen LogP) is 2.61. The first-order chi connectivity index (χ1) is 9.01. The van der Waals surface area contributed by atoms with Crippen molar-refractivity contribution in [3.63, 3.8) is 0 Å². The Balaban J connectivity index is 0. The summed E-state index contributed by atoms with van der Waals surface area (Å²) in [6.45, 7) is 9.11. The van der Waals surface area contributed by atoms with Crippen molar-refractivity contribution in [1.29, 1.82) is 0 Å². The van der Waals surface area contributed by atoms with E-state index in [9.17, 15) is 0 Å². The molecule has 0 saturated carbocycles. The Morgan fingerprint density at radius 2 is 1.74 bits per heavy atom. The fourth-order valence-corrected chi connectivity index (χ4v) is 1.49. The minimum atomic E-state index is -0.445. The molecule has 0 aromatic rings. The molecule has 0 aromatic heterocycles. The lowest BCUT2D eigenvalue weighted by Crippen LogP contribution is -2.19. The van der Waals surface area contributed by atoms with Gasteiger partial charge in [-0.1, -0.05) is 33.1 Å². The van der Waals surface area contributed by atoms with E-state index in [1.165, 1.54) is 25.7 Å². The van der Waals surface area contributed by atoms with Gasteiger partial charge < -0.3 is 19.7 Å². The first-order valence-corrected chi connectivity index (χ1v) is 7.41. The van der Waals surface area contributed by atoms with E-state index >= 15 is 0 Å². The second-order valence-corrected chi connectivity index (χ2v) is 5.05. The first-order valence-electron chi connectivity index (χ1n) is 7.41. The number of aliphatic hydroxyl groups is 2. The van der Waals surface area contributed by atoms with Crippen LogP contribution in [0.3, 0.4) is 0 Å². The third-order valence-corrected chi connectivity index (χ3v) is 2.82. The second kappa shape index (κ2) is 15.9. The van der Waals surface area contributed by atoms with Gasteiger partial charge in [-0.2, -0.15) is 0 Å². The highest BCUT2D eigenvalue weighted by Crippen LogP contribution is 2.11. The van der Waals surface area contributed by atoms with E-state index in [-0.39, 0.29) is 12.7 Å². The molecule has 0 aromatic carbocycles. The van der Waals surface area contributed by atoms with Crippen LogP contribution >= 0.6 is 0 Å². The molecule has 4 heteroatoms. The number of ether oxygens (including phenoxy) is 2. The number of hydrogen-bond acceptors (Lipinski definition) is 4. The summed E-state index contributed by atoms with van der Waals surface area (Å²) < 4.78 is 10.0. The van der Waals surface area contributed by atoms with Crippen LogP contribution in [0.25, 0.3) is 0 Å². The minimum Gasteiger partial charge on any atom is -0.394 e. The standard InChI is InChI=1S/C9H20O.C6H14O3/c1-4-6-7-9(5-2)8-10-3;1-5(8)4-9-6(2)3-7/h9H,4-8H2,1-3H3;5-8H,3-4H2,1-2H3. The van der Waals surface area contributed by atoms with Gasteiger partial charge in [-0.15, -0.1) is 0 Å². The van der Waals surface area contributed by atoms with Crippen LogP contribution < -0.4 is 0 Å². The molecule has 3 atom stereocenters. The predicted molar refractivity (Wildman–Crippen MR) is 79.4 cm³/mol. The van der Waals surface area contributed by atoms with E-state index in [0.29, 0.717) is 6.61 Å². The molecule has 0 aliphatic carbocycles. The van der Waals surface area contributed by atoms with Crippen LogP contribution in [-0.2, 0) is 9.47 Å². The summed E-state index contributed by atoms with van der Waals surface area (Å²) in [5.41, 5.74) is 0. The number of hydrogen-bond donors (Lipinski definition) is 2. The zero-order chi connectivity index (χ0) is 15.1. The van der Waals surface area contributed by atoms with Crippen molar-refractivity contribution in [3.05, 3.63) is 0 Å². The third-order valence-electron chi connectivity index (χ3n) is 2.82. The lowest BCUT2D eigenvalue weighted by molar-refractivity contribution is -0.0177. The van der Waals surface area contributed by atoms with Crippen molar-refractivity contribution in [3.8, 4) is 0 Å². The van der Waals surface area contributed by atoms with Gasteiger partial charge in [0.05, 0.1) is 25.4 Å². The monoisotopic (exact) mass is 278 g/mol. The van der Waals surface area contributed by atoms with Gasteiger partial charge in [0.15, 0.2) is 0 Å². The Labute approximate surface area is 119 Å². The van der Waals surface area contributed by atoms with Crippen LogP contribution in [0.2, 0.25) is 0 Å². The van der Waals surface area contributed by atoms with E-state index in [1.807, 2.05) is 0 Å². The Bertz CT molecular complexity index is 162. The average Bonchev–Trinajstić information content (AvgIpc) is 2.41. The van der Waals surface area contributed by atoms with Crippen molar-refractivity contribution in [1.82, 2.24) is 0 Å². The fraction of sp³-hybridized carbons (Fsp3) is 1.00. The minimum absolute atomic E-state index is 0.00667. The SMILES string of the molecule is CC(O)COC(C)CO.CCCCC(CC)COC. The van der Waals surface area contributed by atoms with Crippen molar-refractivity contribution < 1.29 is 19.7 Å². The molecule has 118 valence electrons. The van der Waals surface area contributed by atoms with E-state index in [0.717, 1.165) is 12.5 Å². The highest BCUT2D eigenvalue weighted by molar-refractivity contribution is 4.54. The van der Waals surface area contributed by atoms with Crippen LogP contribution in [0.15, 0.2) is 0 Å². The Morgan fingerprint density at radius 3 is 2.11 bits per heavy atom. The van der Waals surface area contributed by atoms with Gasteiger partial charge in [0.2, 0.25) is 0 Å². The van der Waals surface area contributed by atoms with Crippen molar-refractivity contribution >= 4 is 0 Å². The number of aliphatic hydroxyl groups excluding tert-OH is 2. The summed E-state index contributed by atoms with van der Waals surface area (Å²) in [6.07, 6.45) is 4.63. The molecule has 0 aliphatic heterocycles. The van der Waals surface area contributed by atoms with Gasteiger partial charge in [-0.05, 0) is 26.2 Å². The maximum absolute atomic E-state index is 8.69. The van der Waals surface area contributed by atoms with E-state index < -0.39 is 6.10 Å². The zero-order valence-corrected chi connectivity index (χ0v) is 13.4. The Morgan fingerprint density at radius 1 is 1.11 bits per heavy atom. The highest BCUT2D eigenvalue weighted by Gasteiger charge is 2.03. The lowest BCUT2D eigenvalue weighted by atomic mass is 10.0. The highest BCUT2D eigenvalue weighted by atomic mass is 16.5. The van der Waals surface area contributed by atoms with Crippen LogP contribution in [-0.4, -0.2) is 49.4 Å². The third kappa shape index (κ3) is 17.8. The zero-order valence-electron chi connectivity index (χ0n) is 13.4. The molecule has 4 nitrogen and oxygen atoms in total.